The van der Waals surface area contributed by atoms with Crippen LogP contribution in [0.3, 0.4) is 0 Å². The maximum absolute atomic E-state index is 11.6. The number of benzene rings is 2. The fourth-order valence-corrected chi connectivity index (χ4v) is 3.78. The standard InChI is InChI=1S/C19H16O4/c1-10(20)22-18-14-5-3-4-6-15(14)19(23-11(2)21)17-13-8-7-12(9-13)16(17)18/h3-8,12-13H,9H2,1-2H3. The molecule has 2 aromatic carbocycles. The van der Waals surface area contributed by atoms with Crippen LogP contribution < -0.4 is 9.47 Å². The number of fused-ring (bicyclic) bond motifs is 6. The second kappa shape index (κ2) is 4.95. The highest BCUT2D eigenvalue weighted by molar-refractivity contribution is 5.99. The summed E-state index contributed by atoms with van der Waals surface area (Å²) in [7, 11) is 0. The normalized spacial score (nSPS) is 20.6. The zero-order chi connectivity index (χ0) is 16.1. The van der Waals surface area contributed by atoms with Crippen molar-refractivity contribution in [2.45, 2.75) is 32.1 Å². The van der Waals surface area contributed by atoms with Crippen LogP contribution in [0.15, 0.2) is 36.4 Å². The van der Waals surface area contributed by atoms with E-state index < -0.39 is 0 Å². The van der Waals surface area contributed by atoms with Crippen LogP contribution in [0, 0.1) is 0 Å². The van der Waals surface area contributed by atoms with Crippen molar-refractivity contribution in [1.82, 2.24) is 0 Å². The van der Waals surface area contributed by atoms with Gasteiger partial charge in [-0.25, -0.2) is 0 Å². The monoisotopic (exact) mass is 308 g/mol. The van der Waals surface area contributed by atoms with Crippen molar-refractivity contribution in [3.05, 3.63) is 47.5 Å². The number of ether oxygens (including phenoxy) is 2. The summed E-state index contributed by atoms with van der Waals surface area (Å²) >= 11 is 0. The molecule has 2 atom stereocenters. The quantitative estimate of drug-likeness (QED) is 0.480. The first-order valence-corrected chi connectivity index (χ1v) is 7.70. The lowest BCUT2D eigenvalue weighted by atomic mass is 9.90. The Labute approximate surface area is 133 Å². The van der Waals surface area contributed by atoms with Gasteiger partial charge in [0.25, 0.3) is 0 Å². The lowest BCUT2D eigenvalue weighted by molar-refractivity contribution is -0.133. The van der Waals surface area contributed by atoms with Gasteiger partial charge in [0.1, 0.15) is 11.5 Å². The van der Waals surface area contributed by atoms with Gasteiger partial charge in [0.05, 0.1) is 0 Å². The predicted molar refractivity (Wildman–Crippen MR) is 85.8 cm³/mol. The van der Waals surface area contributed by atoms with E-state index in [0.717, 1.165) is 28.3 Å². The zero-order valence-corrected chi connectivity index (χ0v) is 13.0. The van der Waals surface area contributed by atoms with E-state index in [1.807, 2.05) is 24.3 Å². The molecule has 2 aliphatic rings. The Morgan fingerprint density at radius 1 is 0.870 bits per heavy atom. The number of hydrogen-bond acceptors (Lipinski definition) is 4. The van der Waals surface area contributed by atoms with Gasteiger partial charge in [-0.15, -0.1) is 0 Å². The fourth-order valence-electron chi connectivity index (χ4n) is 3.78. The van der Waals surface area contributed by atoms with E-state index in [-0.39, 0.29) is 23.8 Å². The van der Waals surface area contributed by atoms with Crippen LogP contribution in [0.5, 0.6) is 11.5 Å². The average molecular weight is 308 g/mol. The fraction of sp³-hybridized carbons (Fsp3) is 0.263. The molecule has 2 bridgehead atoms. The molecule has 2 unspecified atom stereocenters. The topological polar surface area (TPSA) is 52.6 Å². The summed E-state index contributed by atoms with van der Waals surface area (Å²) < 4.78 is 11.1. The molecule has 0 amide bonds. The molecule has 2 aliphatic carbocycles. The molecule has 4 rings (SSSR count). The Morgan fingerprint density at radius 2 is 1.30 bits per heavy atom. The second-order valence-electron chi connectivity index (χ2n) is 6.05. The molecular formula is C19H16O4. The minimum absolute atomic E-state index is 0.211. The highest BCUT2D eigenvalue weighted by Crippen LogP contribution is 2.58. The van der Waals surface area contributed by atoms with Gasteiger partial charge < -0.3 is 9.47 Å². The van der Waals surface area contributed by atoms with Crippen LogP contribution in [0.2, 0.25) is 0 Å². The molecule has 0 N–H and O–H groups in total. The zero-order valence-electron chi connectivity index (χ0n) is 13.0. The molecule has 4 nitrogen and oxygen atoms in total. The minimum atomic E-state index is -0.343. The van der Waals surface area contributed by atoms with Gasteiger partial charge in [-0.05, 0) is 6.42 Å². The Morgan fingerprint density at radius 3 is 1.70 bits per heavy atom. The van der Waals surface area contributed by atoms with E-state index in [9.17, 15) is 9.59 Å². The van der Waals surface area contributed by atoms with Crippen molar-refractivity contribution >= 4 is 22.7 Å². The molecule has 0 spiro atoms. The van der Waals surface area contributed by atoms with Gasteiger partial charge in [0.15, 0.2) is 0 Å². The number of esters is 2. The van der Waals surface area contributed by atoms with E-state index in [1.165, 1.54) is 13.8 Å². The summed E-state index contributed by atoms with van der Waals surface area (Å²) in [6, 6.07) is 7.58. The van der Waals surface area contributed by atoms with Crippen LogP contribution in [0.4, 0.5) is 0 Å². The highest BCUT2D eigenvalue weighted by atomic mass is 16.5. The lowest BCUT2D eigenvalue weighted by Gasteiger charge is -2.21. The third kappa shape index (κ3) is 2.05. The molecule has 2 aromatic rings. The van der Waals surface area contributed by atoms with Crippen molar-refractivity contribution in [2.75, 3.05) is 0 Å². The van der Waals surface area contributed by atoms with Crippen LogP contribution in [0.25, 0.3) is 10.8 Å². The van der Waals surface area contributed by atoms with E-state index in [0.29, 0.717) is 11.5 Å². The summed E-state index contributed by atoms with van der Waals surface area (Å²) in [4.78, 5) is 23.2. The highest BCUT2D eigenvalue weighted by Gasteiger charge is 2.40. The Bertz CT molecular complexity index is 808. The smallest absolute Gasteiger partial charge is 0.308 e. The van der Waals surface area contributed by atoms with Crippen molar-refractivity contribution in [1.29, 1.82) is 0 Å². The van der Waals surface area contributed by atoms with Gasteiger partial charge in [0.2, 0.25) is 0 Å². The maximum Gasteiger partial charge on any atom is 0.308 e. The minimum Gasteiger partial charge on any atom is -0.426 e. The first-order valence-electron chi connectivity index (χ1n) is 7.70. The molecule has 0 radical (unpaired) electrons. The van der Waals surface area contributed by atoms with E-state index in [2.05, 4.69) is 12.2 Å². The lowest BCUT2D eigenvalue weighted by Crippen LogP contribution is -2.10. The summed E-state index contributed by atoms with van der Waals surface area (Å²) in [5, 5.41) is 1.61. The Kier molecular flexibility index (Phi) is 3.01. The van der Waals surface area contributed by atoms with Crippen LogP contribution in [-0.2, 0) is 9.59 Å². The first-order chi connectivity index (χ1) is 11.1. The van der Waals surface area contributed by atoms with Crippen molar-refractivity contribution < 1.29 is 19.1 Å². The van der Waals surface area contributed by atoms with Crippen LogP contribution in [-0.4, -0.2) is 11.9 Å². The van der Waals surface area contributed by atoms with E-state index >= 15 is 0 Å². The second-order valence-corrected chi connectivity index (χ2v) is 6.05. The van der Waals surface area contributed by atoms with Crippen molar-refractivity contribution in [3.63, 3.8) is 0 Å². The van der Waals surface area contributed by atoms with Crippen molar-refractivity contribution in [3.8, 4) is 11.5 Å². The molecule has 23 heavy (non-hydrogen) atoms. The maximum atomic E-state index is 11.6. The van der Waals surface area contributed by atoms with Gasteiger partial charge >= 0.3 is 11.9 Å². The first kappa shape index (κ1) is 14.0. The molecule has 0 aromatic heterocycles. The van der Waals surface area contributed by atoms with Gasteiger partial charge in [0, 0.05) is 47.6 Å². The van der Waals surface area contributed by atoms with Gasteiger partial charge in [-0.2, -0.15) is 0 Å². The number of allylic oxidation sites excluding steroid dienone is 2. The average Bonchev–Trinajstić information content (AvgIpc) is 3.11. The van der Waals surface area contributed by atoms with Gasteiger partial charge in [-0.3, -0.25) is 9.59 Å². The molecule has 0 fully saturated rings. The molecule has 0 aliphatic heterocycles. The molecule has 116 valence electrons. The molecule has 0 saturated heterocycles. The SMILES string of the molecule is CC(=O)Oc1c2c(c(OC(C)=O)c3ccccc13)C1C=CC2C1. The third-order valence-electron chi connectivity index (χ3n) is 4.51. The largest absolute Gasteiger partial charge is 0.426 e. The third-order valence-corrected chi connectivity index (χ3v) is 4.51. The summed E-state index contributed by atoms with van der Waals surface area (Å²) in [5.41, 5.74) is 1.98. The number of carbonyl (C=O) groups excluding carboxylic acids is 2. The molecule has 0 heterocycles. The number of hydrogen-bond donors (Lipinski definition) is 0. The van der Waals surface area contributed by atoms with E-state index in [4.69, 9.17) is 9.47 Å². The summed E-state index contributed by atoms with van der Waals surface area (Å²) in [6.45, 7) is 2.81. The van der Waals surface area contributed by atoms with Gasteiger partial charge in [-0.1, -0.05) is 36.4 Å². The Hall–Kier alpha value is -2.62. The summed E-state index contributed by atoms with van der Waals surface area (Å²) in [6.07, 6.45) is 5.23. The van der Waals surface area contributed by atoms with Crippen molar-refractivity contribution in [2.24, 2.45) is 0 Å². The Balaban J connectivity index is 2.09. The number of rotatable bonds is 2. The molecular weight excluding hydrogens is 292 g/mol. The molecule has 4 heteroatoms. The number of carbonyl (C=O) groups is 2. The predicted octanol–water partition coefficient (Wildman–Crippen LogP) is 3.83. The molecule has 0 saturated carbocycles. The van der Waals surface area contributed by atoms with Crippen LogP contribution in [0.1, 0.15) is 43.2 Å². The van der Waals surface area contributed by atoms with Crippen LogP contribution >= 0.6 is 0 Å². The summed E-state index contributed by atoms with van der Waals surface area (Å²) in [5.74, 6) is 0.951. The van der Waals surface area contributed by atoms with E-state index in [1.54, 1.807) is 0 Å².